The number of ether oxygens (including phenoxy) is 1. The topological polar surface area (TPSA) is 104 Å². The second-order valence-electron chi connectivity index (χ2n) is 4.09. The van der Waals surface area contributed by atoms with Gasteiger partial charge in [-0.05, 0) is 26.2 Å². The molecule has 0 saturated carbocycles. The van der Waals surface area contributed by atoms with E-state index in [1.807, 2.05) is 6.92 Å². The lowest BCUT2D eigenvalue weighted by atomic mass is 9.91. The summed E-state index contributed by atoms with van der Waals surface area (Å²) in [5.41, 5.74) is 11.6. The van der Waals surface area contributed by atoms with Gasteiger partial charge in [-0.3, -0.25) is 4.79 Å². The molecule has 6 nitrogen and oxygen atoms in total. The van der Waals surface area contributed by atoms with Crippen molar-refractivity contribution >= 4 is 45.4 Å². The molecule has 0 radical (unpaired) electrons. The Morgan fingerprint density at radius 1 is 1.58 bits per heavy atom. The highest BCUT2D eigenvalue weighted by molar-refractivity contribution is 8.93. The lowest BCUT2D eigenvalue weighted by Gasteiger charge is -2.18. The van der Waals surface area contributed by atoms with E-state index in [-0.39, 0.29) is 34.8 Å². The van der Waals surface area contributed by atoms with E-state index >= 15 is 0 Å². The largest absolute Gasteiger partial charge is 0.466 e. The van der Waals surface area contributed by atoms with E-state index in [2.05, 4.69) is 9.98 Å². The lowest BCUT2D eigenvalue weighted by molar-refractivity contribution is -0.148. The number of thiazole rings is 1. The van der Waals surface area contributed by atoms with Gasteiger partial charge in [0.15, 0.2) is 5.96 Å². The monoisotopic (exact) mass is 348 g/mol. The molecule has 19 heavy (non-hydrogen) atoms. The van der Waals surface area contributed by atoms with E-state index in [0.717, 1.165) is 23.4 Å². The van der Waals surface area contributed by atoms with Crippen molar-refractivity contribution in [3.8, 4) is 0 Å². The summed E-state index contributed by atoms with van der Waals surface area (Å²) in [5, 5.41) is 0.560. The van der Waals surface area contributed by atoms with Crippen LogP contribution < -0.4 is 11.5 Å². The Labute approximate surface area is 126 Å². The zero-order valence-corrected chi connectivity index (χ0v) is 13.1. The summed E-state index contributed by atoms with van der Waals surface area (Å²) in [4.78, 5) is 21.1. The second kappa shape index (κ2) is 6.85. The van der Waals surface area contributed by atoms with Crippen molar-refractivity contribution in [2.24, 2.45) is 22.4 Å². The van der Waals surface area contributed by atoms with Crippen LogP contribution in [0, 0.1) is 5.92 Å². The maximum absolute atomic E-state index is 11.7. The number of carbonyl (C=O) groups is 1. The Hall–Kier alpha value is -1.15. The highest BCUT2D eigenvalue weighted by Crippen LogP contribution is 2.33. The minimum absolute atomic E-state index is 0. The molecule has 1 aromatic heterocycles. The minimum Gasteiger partial charge on any atom is -0.466 e. The molecule has 1 aliphatic rings. The van der Waals surface area contributed by atoms with Gasteiger partial charge in [-0.1, -0.05) is 11.3 Å². The van der Waals surface area contributed by atoms with Crippen LogP contribution in [-0.4, -0.2) is 23.5 Å². The normalized spacial score (nSPS) is 17.0. The fourth-order valence-corrected chi connectivity index (χ4v) is 3.06. The number of aryl methyl sites for hydroxylation is 1. The van der Waals surface area contributed by atoms with Gasteiger partial charge in [0.05, 0.1) is 18.2 Å². The number of rotatable bonds is 3. The Balaban J connectivity index is 0.00000180. The van der Waals surface area contributed by atoms with Crippen LogP contribution in [0.25, 0.3) is 0 Å². The van der Waals surface area contributed by atoms with E-state index in [4.69, 9.17) is 16.2 Å². The van der Waals surface area contributed by atoms with Gasteiger partial charge in [-0.2, -0.15) is 4.99 Å². The number of nitrogens with zero attached hydrogens (tertiary/aromatic N) is 2. The van der Waals surface area contributed by atoms with Crippen LogP contribution in [0.3, 0.4) is 0 Å². The third-order valence-corrected chi connectivity index (χ3v) is 3.79. The van der Waals surface area contributed by atoms with Gasteiger partial charge < -0.3 is 16.2 Å². The van der Waals surface area contributed by atoms with Gasteiger partial charge >= 0.3 is 5.97 Å². The molecule has 1 aromatic rings. The molecule has 1 aliphatic carbocycles. The summed E-state index contributed by atoms with van der Waals surface area (Å²) in [6.07, 6.45) is 2.22. The molecular weight excluding hydrogens is 332 g/mol. The summed E-state index contributed by atoms with van der Waals surface area (Å²) >= 11 is 1.44. The Bertz CT molecular complexity index is 485. The highest BCUT2D eigenvalue weighted by Gasteiger charge is 2.28. The summed E-state index contributed by atoms with van der Waals surface area (Å²) in [7, 11) is 0. The van der Waals surface area contributed by atoms with Gasteiger partial charge in [0, 0.05) is 4.88 Å². The van der Waals surface area contributed by atoms with Crippen molar-refractivity contribution in [2.75, 3.05) is 6.61 Å². The first-order valence-electron chi connectivity index (χ1n) is 5.85. The Morgan fingerprint density at radius 3 is 2.95 bits per heavy atom. The van der Waals surface area contributed by atoms with Crippen LogP contribution in [0.2, 0.25) is 0 Å². The molecule has 1 heterocycles. The highest BCUT2D eigenvalue weighted by atomic mass is 79.9. The van der Waals surface area contributed by atoms with Gasteiger partial charge in [-0.25, -0.2) is 4.98 Å². The molecule has 4 N–H and O–H groups in total. The quantitative estimate of drug-likeness (QED) is 0.486. The summed E-state index contributed by atoms with van der Waals surface area (Å²) < 4.78 is 5.05. The van der Waals surface area contributed by atoms with Crippen LogP contribution in [0.5, 0.6) is 0 Å². The number of hydrogen-bond acceptors (Lipinski definition) is 5. The number of carbonyl (C=O) groups excluding carboxylic acids is 1. The molecule has 106 valence electrons. The fraction of sp³-hybridized carbons (Fsp3) is 0.545. The van der Waals surface area contributed by atoms with E-state index in [0.29, 0.717) is 18.2 Å². The van der Waals surface area contributed by atoms with Crippen LogP contribution >= 0.6 is 28.3 Å². The zero-order valence-electron chi connectivity index (χ0n) is 10.6. The van der Waals surface area contributed by atoms with E-state index in [9.17, 15) is 4.79 Å². The number of aromatic nitrogens is 1. The average Bonchev–Trinajstić information content (AvgIpc) is 2.69. The first-order valence-corrected chi connectivity index (χ1v) is 6.66. The number of nitrogens with two attached hydrogens (primary N) is 2. The molecule has 2 rings (SSSR count). The predicted octanol–water partition coefficient (Wildman–Crippen LogP) is 1.29. The lowest BCUT2D eigenvalue weighted by Crippen LogP contribution is -2.24. The molecule has 1 unspecified atom stereocenters. The number of guanidine groups is 1. The predicted molar refractivity (Wildman–Crippen MR) is 80.1 cm³/mol. The molecule has 0 fully saturated rings. The van der Waals surface area contributed by atoms with Crippen molar-refractivity contribution < 1.29 is 9.53 Å². The molecule has 0 aromatic carbocycles. The van der Waals surface area contributed by atoms with Crippen LogP contribution in [0.15, 0.2) is 4.99 Å². The molecule has 0 spiro atoms. The molecule has 8 heteroatoms. The summed E-state index contributed by atoms with van der Waals surface area (Å²) in [6.45, 7) is 2.24. The molecule has 0 bridgehead atoms. The maximum atomic E-state index is 11.7. The van der Waals surface area contributed by atoms with Crippen LogP contribution in [0.4, 0.5) is 5.13 Å². The first kappa shape index (κ1) is 15.9. The molecular formula is C11H17BrN4O2S. The van der Waals surface area contributed by atoms with Gasteiger partial charge in [0.2, 0.25) is 5.13 Å². The van der Waals surface area contributed by atoms with E-state index in [1.54, 1.807) is 0 Å². The van der Waals surface area contributed by atoms with E-state index < -0.39 is 0 Å². The third kappa shape index (κ3) is 3.90. The smallest absolute Gasteiger partial charge is 0.309 e. The molecule has 0 aliphatic heterocycles. The van der Waals surface area contributed by atoms with Crippen molar-refractivity contribution in [3.63, 3.8) is 0 Å². The number of fused-ring (bicyclic) bond motifs is 1. The van der Waals surface area contributed by atoms with Crippen LogP contribution in [0.1, 0.15) is 23.9 Å². The third-order valence-electron chi connectivity index (χ3n) is 2.77. The maximum Gasteiger partial charge on any atom is 0.309 e. The number of halogens is 1. The van der Waals surface area contributed by atoms with Crippen molar-refractivity contribution in [2.45, 2.75) is 26.2 Å². The van der Waals surface area contributed by atoms with E-state index in [1.165, 1.54) is 11.3 Å². The Kier molecular flexibility index (Phi) is 5.74. The molecule has 0 amide bonds. The molecule has 1 atom stereocenters. The number of aliphatic imine (C=N–C) groups is 1. The minimum atomic E-state index is -0.125. The van der Waals surface area contributed by atoms with Gasteiger partial charge in [-0.15, -0.1) is 17.0 Å². The summed E-state index contributed by atoms with van der Waals surface area (Å²) in [6, 6.07) is 0. The first-order chi connectivity index (χ1) is 8.60. The Morgan fingerprint density at radius 2 is 2.32 bits per heavy atom. The number of hydrogen-bond donors (Lipinski definition) is 2. The van der Waals surface area contributed by atoms with Crippen molar-refractivity contribution in [1.29, 1.82) is 0 Å². The van der Waals surface area contributed by atoms with Crippen molar-refractivity contribution in [3.05, 3.63) is 10.6 Å². The SMILES string of the molecule is Br.CCOC(=O)C1CCc2nc(N=C(N)N)sc2C1. The standard InChI is InChI=1S/C11H16N4O2S.BrH/c1-2-17-9(16)6-3-4-7-8(5-6)18-11(14-7)15-10(12)13;/h6H,2-5H2,1H3,(H4,12,13,14,15);1H. The summed E-state index contributed by atoms with van der Waals surface area (Å²) in [5.74, 6) is -0.187. The number of esters is 1. The fourth-order valence-electron chi connectivity index (χ4n) is 1.98. The van der Waals surface area contributed by atoms with Gasteiger partial charge in [0.25, 0.3) is 0 Å². The zero-order chi connectivity index (χ0) is 13.1. The molecule has 0 saturated heterocycles. The van der Waals surface area contributed by atoms with Crippen molar-refractivity contribution in [1.82, 2.24) is 4.98 Å². The van der Waals surface area contributed by atoms with Crippen LogP contribution in [-0.2, 0) is 22.4 Å². The average molecular weight is 349 g/mol. The van der Waals surface area contributed by atoms with Gasteiger partial charge in [0.1, 0.15) is 0 Å². The second-order valence-corrected chi connectivity index (χ2v) is 5.16.